The van der Waals surface area contributed by atoms with Crippen LogP contribution in [0.3, 0.4) is 0 Å². The van der Waals surface area contributed by atoms with Gasteiger partial charge in [0.1, 0.15) is 0 Å². The average molecular weight is 260 g/mol. The first-order valence-electron chi connectivity index (χ1n) is 7.18. The van der Waals surface area contributed by atoms with Crippen LogP contribution in [0.15, 0.2) is 12.3 Å². The molecule has 2 aromatic heterocycles. The highest BCUT2D eigenvalue weighted by Crippen LogP contribution is 2.10. The zero-order chi connectivity index (χ0) is 13.8. The van der Waals surface area contributed by atoms with Crippen LogP contribution in [-0.4, -0.2) is 32.4 Å². The van der Waals surface area contributed by atoms with Gasteiger partial charge in [-0.3, -0.25) is 9.30 Å². The van der Waals surface area contributed by atoms with Crippen molar-refractivity contribution in [2.75, 3.05) is 13.1 Å². The van der Waals surface area contributed by atoms with Gasteiger partial charge in [-0.1, -0.05) is 13.8 Å². The predicted octanol–water partition coefficient (Wildman–Crippen LogP) is 2.97. The molecule has 2 aromatic rings. The number of aromatic nitrogens is 3. The molecule has 2 heterocycles. The lowest BCUT2D eigenvalue weighted by atomic mass is 10.3. The summed E-state index contributed by atoms with van der Waals surface area (Å²) in [5, 5.41) is 0. The van der Waals surface area contributed by atoms with E-state index in [9.17, 15) is 0 Å². The Morgan fingerprint density at radius 1 is 1.11 bits per heavy atom. The minimum absolute atomic E-state index is 0.820. The summed E-state index contributed by atoms with van der Waals surface area (Å²) in [5.74, 6) is 0.820. The maximum Gasteiger partial charge on any atom is 0.234 e. The number of imidazole rings is 1. The highest BCUT2D eigenvalue weighted by molar-refractivity contribution is 5.34. The maximum absolute atomic E-state index is 4.65. The third-order valence-corrected chi connectivity index (χ3v) is 3.28. The van der Waals surface area contributed by atoms with Crippen molar-refractivity contribution in [2.45, 2.75) is 47.1 Å². The molecule has 0 atom stereocenters. The lowest BCUT2D eigenvalue weighted by molar-refractivity contribution is 0.264. The second-order valence-electron chi connectivity index (χ2n) is 5.22. The molecule has 19 heavy (non-hydrogen) atoms. The summed E-state index contributed by atoms with van der Waals surface area (Å²) < 4.78 is 2.08. The average Bonchev–Trinajstić information content (AvgIpc) is 2.72. The summed E-state index contributed by atoms with van der Waals surface area (Å²) in [5.41, 5.74) is 3.34. The topological polar surface area (TPSA) is 33.4 Å². The fourth-order valence-corrected chi connectivity index (χ4v) is 2.53. The maximum atomic E-state index is 4.65. The second kappa shape index (κ2) is 6.15. The van der Waals surface area contributed by atoms with Gasteiger partial charge in [-0.2, -0.15) is 0 Å². The Labute approximate surface area is 115 Å². The normalized spacial score (nSPS) is 11.6. The molecule has 104 valence electrons. The highest BCUT2D eigenvalue weighted by Gasteiger charge is 2.09. The third kappa shape index (κ3) is 3.32. The number of rotatable bonds is 6. The summed E-state index contributed by atoms with van der Waals surface area (Å²) in [6.07, 6.45) is 4.49. The first-order valence-corrected chi connectivity index (χ1v) is 7.18. The van der Waals surface area contributed by atoms with Crippen LogP contribution in [0.2, 0.25) is 0 Å². The molecule has 4 heteroatoms. The van der Waals surface area contributed by atoms with Crippen LogP contribution in [0.5, 0.6) is 0 Å². The van der Waals surface area contributed by atoms with Gasteiger partial charge in [0.05, 0.1) is 5.69 Å². The predicted molar refractivity (Wildman–Crippen MR) is 78.3 cm³/mol. The molecule has 0 aromatic carbocycles. The van der Waals surface area contributed by atoms with Gasteiger partial charge in [-0.15, -0.1) is 0 Å². The fraction of sp³-hybridized carbons (Fsp3) is 0.600. The number of fused-ring (bicyclic) bond motifs is 1. The number of aryl methyl sites for hydroxylation is 2. The first kappa shape index (κ1) is 14.0. The minimum atomic E-state index is 0.820. The van der Waals surface area contributed by atoms with Crippen molar-refractivity contribution in [3.63, 3.8) is 0 Å². The van der Waals surface area contributed by atoms with Gasteiger partial charge in [0.25, 0.3) is 0 Å². The van der Waals surface area contributed by atoms with E-state index in [1.54, 1.807) is 0 Å². The van der Waals surface area contributed by atoms with E-state index in [-0.39, 0.29) is 0 Å². The van der Waals surface area contributed by atoms with Crippen LogP contribution in [0, 0.1) is 13.8 Å². The van der Waals surface area contributed by atoms with Gasteiger partial charge < -0.3 is 0 Å². The van der Waals surface area contributed by atoms with Gasteiger partial charge in [-0.05, 0) is 45.8 Å². The molecule has 0 unspecified atom stereocenters. The van der Waals surface area contributed by atoms with Gasteiger partial charge in [0, 0.05) is 24.1 Å². The van der Waals surface area contributed by atoms with Crippen LogP contribution in [-0.2, 0) is 6.54 Å². The van der Waals surface area contributed by atoms with E-state index < -0.39 is 0 Å². The summed E-state index contributed by atoms with van der Waals surface area (Å²) in [4.78, 5) is 11.6. The molecular formula is C15H24N4. The Bertz CT molecular complexity index is 538. The van der Waals surface area contributed by atoms with Crippen LogP contribution in [0.1, 0.15) is 43.8 Å². The lowest BCUT2D eigenvalue weighted by Gasteiger charge is -2.19. The standard InChI is InChI=1S/C15H24N4/c1-5-7-18(8-6-2)10-14-11-19-13(4)9-12(3)16-15(19)17-14/h9,11H,5-8,10H2,1-4H3. The van der Waals surface area contributed by atoms with E-state index in [0.29, 0.717) is 0 Å². The van der Waals surface area contributed by atoms with Gasteiger partial charge >= 0.3 is 0 Å². The van der Waals surface area contributed by atoms with E-state index in [1.807, 2.05) is 6.92 Å². The summed E-state index contributed by atoms with van der Waals surface area (Å²) in [7, 11) is 0. The van der Waals surface area contributed by atoms with E-state index in [4.69, 9.17) is 0 Å². The highest BCUT2D eigenvalue weighted by atomic mass is 15.2. The molecule has 0 aliphatic carbocycles. The van der Waals surface area contributed by atoms with E-state index in [2.05, 4.69) is 52.3 Å². The van der Waals surface area contributed by atoms with Crippen molar-refractivity contribution < 1.29 is 0 Å². The van der Waals surface area contributed by atoms with Crippen LogP contribution in [0.25, 0.3) is 5.78 Å². The Balaban J connectivity index is 2.23. The van der Waals surface area contributed by atoms with Crippen LogP contribution >= 0.6 is 0 Å². The van der Waals surface area contributed by atoms with Crippen molar-refractivity contribution >= 4 is 5.78 Å². The molecule has 0 saturated heterocycles. The smallest absolute Gasteiger partial charge is 0.234 e. The van der Waals surface area contributed by atoms with Crippen molar-refractivity contribution in [2.24, 2.45) is 0 Å². The molecule has 0 fully saturated rings. The molecule has 0 aliphatic rings. The van der Waals surface area contributed by atoms with E-state index in [1.165, 1.54) is 18.5 Å². The van der Waals surface area contributed by atoms with Crippen LogP contribution in [0.4, 0.5) is 0 Å². The molecular weight excluding hydrogens is 236 g/mol. The molecule has 4 nitrogen and oxygen atoms in total. The van der Waals surface area contributed by atoms with Gasteiger partial charge in [0.2, 0.25) is 5.78 Å². The Morgan fingerprint density at radius 3 is 2.42 bits per heavy atom. The molecule has 0 spiro atoms. The number of hydrogen-bond acceptors (Lipinski definition) is 3. The fourth-order valence-electron chi connectivity index (χ4n) is 2.53. The number of nitrogens with zero attached hydrogens (tertiary/aromatic N) is 4. The SMILES string of the molecule is CCCN(CCC)Cc1cn2c(C)cc(C)nc2n1. The zero-order valence-corrected chi connectivity index (χ0v) is 12.5. The van der Waals surface area contributed by atoms with Gasteiger partial charge in [-0.25, -0.2) is 9.97 Å². The summed E-state index contributed by atoms with van der Waals surface area (Å²) in [6.45, 7) is 11.7. The Kier molecular flexibility index (Phi) is 4.53. The Hall–Kier alpha value is -1.42. The third-order valence-electron chi connectivity index (χ3n) is 3.28. The van der Waals surface area contributed by atoms with Crippen molar-refractivity contribution in [3.8, 4) is 0 Å². The lowest BCUT2D eigenvalue weighted by Crippen LogP contribution is -2.25. The summed E-state index contributed by atoms with van der Waals surface area (Å²) >= 11 is 0. The summed E-state index contributed by atoms with van der Waals surface area (Å²) in [6, 6.07) is 2.09. The van der Waals surface area contributed by atoms with Crippen LogP contribution < -0.4 is 0 Å². The largest absolute Gasteiger partial charge is 0.297 e. The van der Waals surface area contributed by atoms with E-state index >= 15 is 0 Å². The van der Waals surface area contributed by atoms with Gasteiger partial charge in [0.15, 0.2) is 0 Å². The second-order valence-corrected chi connectivity index (χ2v) is 5.22. The molecule has 0 N–H and O–H groups in total. The molecule has 2 rings (SSSR count). The first-order chi connectivity index (χ1) is 9.13. The molecule has 0 bridgehead atoms. The monoisotopic (exact) mass is 260 g/mol. The van der Waals surface area contributed by atoms with Crippen molar-refractivity contribution in [1.82, 2.24) is 19.3 Å². The molecule has 0 amide bonds. The molecule has 0 saturated carbocycles. The van der Waals surface area contributed by atoms with Crippen molar-refractivity contribution in [3.05, 3.63) is 29.3 Å². The van der Waals surface area contributed by atoms with E-state index in [0.717, 1.165) is 36.8 Å². The zero-order valence-electron chi connectivity index (χ0n) is 12.5. The number of hydrogen-bond donors (Lipinski definition) is 0. The molecule has 0 radical (unpaired) electrons. The molecule has 0 aliphatic heterocycles. The Morgan fingerprint density at radius 2 is 1.79 bits per heavy atom. The van der Waals surface area contributed by atoms with Crippen molar-refractivity contribution in [1.29, 1.82) is 0 Å². The quantitative estimate of drug-likeness (QED) is 0.800. The minimum Gasteiger partial charge on any atom is -0.297 e.